The molecule has 2 aromatic rings. The molecule has 0 spiro atoms. The molecule has 28 heavy (non-hydrogen) atoms. The number of hydrogen-bond acceptors (Lipinski definition) is 3. The summed E-state index contributed by atoms with van der Waals surface area (Å²) in [5.74, 6) is 1.64. The predicted octanol–water partition coefficient (Wildman–Crippen LogP) is 4.96. The van der Waals surface area contributed by atoms with Gasteiger partial charge >= 0.3 is 0 Å². The first-order valence-electron chi connectivity index (χ1n) is 10.4. The van der Waals surface area contributed by atoms with Gasteiger partial charge in [-0.25, -0.2) is 0 Å². The van der Waals surface area contributed by atoms with Gasteiger partial charge in [0.05, 0.1) is 6.04 Å². The van der Waals surface area contributed by atoms with E-state index in [1.807, 2.05) is 36.4 Å². The minimum absolute atomic E-state index is 0.0312. The van der Waals surface area contributed by atoms with Gasteiger partial charge < -0.3 is 15.0 Å². The average molecular weight is 379 g/mol. The van der Waals surface area contributed by atoms with E-state index in [4.69, 9.17) is 4.74 Å². The third-order valence-electron chi connectivity index (χ3n) is 5.96. The molecule has 1 fully saturated rings. The van der Waals surface area contributed by atoms with Crippen molar-refractivity contribution in [1.82, 2.24) is 5.32 Å². The Hall–Kier alpha value is -2.49. The molecule has 0 bridgehead atoms. The Kier molecular flexibility index (Phi) is 5.05. The molecule has 0 aliphatic carbocycles. The minimum atomic E-state index is -0.304. The van der Waals surface area contributed by atoms with Crippen LogP contribution in [0.5, 0.6) is 5.75 Å². The van der Waals surface area contributed by atoms with Gasteiger partial charge in [0.15, 0.2) is 0 Å². The number of anilines is 1. The van der Waals surface area contributed by atoms with Crippen LogP contribution in [0.3, 0.4) is 0 Å². The molecule has 4 nitrogen and oxygen atoms in total. The lowest BCUT2D eigenvalue weighted by Crippen LogP contribution is -2.41. The summed E-state index contributed by atoms with van der Waals surface area (Å²) in [5.41, 5.74) is 2.66. The Bertz CT molecular complexity index is 836. The van der Waals surface area contributed by atoms with Crippen molar-refractivity contribution in [2.45, 2.75) is 51.7 Å². The second kappa shape index (κ2) is 7.50. The number of hydrogen-bond donors (Lipinski definition) is 1. The lowest BCUT2D eigenvalue weighted by Gasteiger charge is -2.37. The molecular formula is C24H30N2O2. The highest BCUT2D eigenvalue weighted by Gasteiger charge is 2.34. The van der Waals surface area contributed by atoms with E-state index >= 15 is 0 Å². The highest BCUT2D eigenvalue weighted by atomic mass is 16.5. The van der Waals surface area contributed by atoms with Gasteiger partial charge in [0.1, 0.15) is 11.4 Å². The van der Waals surface area contributed by atoms with E-state index in [2.05, 4.69) is 43.1 Å². The minimum Gasteiger partial charge on any atom is -0.487 e. The lowest BCUT2D eigenvalue weighted by atomic mass is 9.89. The number of nitrogens with one attached hydrogen (secondary N) is 1. The zero-order valence-corrected chi connectivity index (χ0v) is 17.1. The number of fused-ring (bicyclic) bond motifs is 1. The van der Waals surface area contributed by atoms with E-state index in [1.165, 1.54) is 18.5 Å². The molecular weight excluding hydrogens is 348 g/mol. The van der Waals surface area contributed by atoms with Gasteiger partial charge in [0.25, 0.3) is 5.91 Å². The van der Waals surface area contributed by atoms with Crippen molar-refractivity contribution < 1.29 is 9.53 Å². The largest absolute Gasteiger partial charge is 0.487 e. The van der Waals surface area contributed by atoms with Crippen molar-refractivity contribution in [3.63, 3.8) is 0 Å². The van der Waals surface area contributed by atoms with E-state index < -0.39 is 0 Å². The highest BCUT2D eigenvalue weighted by Crippen LogP contribution is 2.39. The number of amides is 1. The van der Waals surface area contributed by atoms with Crippen LogP contribution in [0.2, 0.25) is 0 Å². The van der Waals surface area contributed by atoms with Crippen molar-refractivity contribution in [2.75, 3.05) is 18.0 Å². The summed E-state index contributed by atoms with van der Waals surface area (Å²) in [6.07, 6.45) is 3.22. The molecule has 148 valence electrons. The van der Waals surface area contributed by atoms with Crippen molar-refractivity contribution in [3.8, 4) is 5.75 Å². The Morgan fingerprint density at radius 2 is 1.75 bits per heavy atom. The van der Waals surface area contributed by atoms with Crippen LogP contribution in [0.1, 0.15) is 62.0 Å². The van der Waals surface area contributed by atoms with E-state index in [0.29, 0.717) is 5.56 Å². The quantitative estimate of drug-likeness (QED) is 0.821. The standard InChI is InChI=1S/C24H30N2O2/c1-17-12-14-26(15-13-17)19-10-8-18(9-11-19)23(27)25-21-16-24(2,3)28-22-7-5-4-6-20(21)22/h4-11,17,21H,12-16H2,1-3H3,(H,25,27)/t21-/m1/s1. The Morgan fingerprint density at radius 1 is 1.07 bits per heavy atom. The van der Waals surface area contributed by atoms with Crippen molar-refractivity contribution >= 4 is 11.6 Å². The van der Waals surface area contributed by atoms with Crippen LogP contribution in [0.25, 0.3) is 0 Å². The monoisotopic (exact) mass is 378 g/mol. The number of carbonyl (C=O) groups excluding carboxylic acids is 1. The molecule has 4 heteroatoms. The first kappa shape index (κ1) is 18.9. The molecule has 1 N–H and O–H groups in total. The molecule has 2 aliphatic rings. The van der Waals surface area contributed by atoms with E-state index in [-0.39, 0.29) is 17.6 Å². The first-order chi connectivity index (χ1) is 13.4. The van der Waals surface area contributed by atoms with Gasteiger partial charge in [-0.1, -0.05) is 25.1 Å². The summed E-state index contributed by atoms with van der Waals surface area (Å²) in [5, 5.41) is 3.22. The Balaban J connectivity index is 1.46. The second-order valence-electron chi connectivity index (χ2n) is 8.85. The molecule has 2 aromatic carbocycles. The number of benzene rings is 2. The summed E-state index contributed by atoms with van der Waals surface area (Å²) >= 11 is 0. The Labute approximate surface area is 167 Å². The van der Waals surface area contributed by atoms with Crippen molar-refractivity contribution in [3.05, 3.63) is 59.7 Å². The van der Waals surface area contributed by atoms with E-state index in [9.17, 15) is 4.79 Å². The molecule has 2 aliphatic heterocycles. The number of ether oxygens (including phenoxy) is 1. The second-order valence-corrected chi connectivity index (χ2v) is 8.85. The summed E-state index contributed by atoms with van der Waals surface area (Å²) in [6.45, 7) is 8.65. The Morgan fingerprint density at radius 3 is 2.46 bits per heavy atom. The molecule has 0 radical (unpaired) electrons. The smallest absolute Gasteiger partial charge is 0.251 e. The fourth-order valence-electron chi connectivity index (χ4n) is 4.26. The third kappa shape index (κ3) is 4.01. The normalized spacial score (nSPS) is 21.5. The van der Waals surface area contributed by atoms with Crippen LogP contribution in [-0.2, 0) is 0 Å². The average Bonchev–Trinajstić information content (AvgIpc) is 2.68. The zero-order valence-electron chi connectivity index (χ0n) is 17.1. The van der Waals surface area contributed by atoms with Gasteiger partial charge in [0.2, 0.25) is 0 Å². The van der Waals surface area contributed by atoms with E-state index in [0.717, 1.165) is 36.7 Å². The van der Waals surface area contributed by atoms with E-state index in [1.54, 1.807) is 0 Å². The fraction of sp³-hybridized carbons (Fsp3) is 0.458. The van der Waals surface area contributed by atoms with Crippen molar-refractivity contribution in [2.24, 2.45) is 5.92 Å². The summed E-state index contributed by atoms with van der Waals surface area (Å²) in [7, 11) is 0. The molecule has 0 aromatic heterocycles. The van der Waals surface area contributed by atoms with Crippen LogP contribution in [-0.4, -0.2) is 24.6 Å². The fourth-order valence-corrected chi connectivity index (χ4v) is 4.26. The lowest BCUT2D eigenvalue weighted by molar-refractivity contribution is 0.0620. The van der Waals surface area contributed by atoms with Crippen LogP contribution < -0.4 is 15.0 Å². The van der Waals surface area contributed by atoms with Gasteiger partial charge in [-0.15, -0.1) is 0 Å². The van der Waals surface area contributed by atoms with Crippen LogP contribution in [0.4, 0.5) is 5.69 Å². The third-order valence-corrected chi connectivity index (χ3v) is 5.96. The van der Waals surface area contributed by atoms with Gasteiger partial charge in [-0.2, -0.15) is 0 Å². The number of carbonyl (C=O) groups is 1. The maximum atomic E-state index is 12.9. The number of rotatable bonds is 3. The molecule has 1 amide bonds. The van der Waals surface area contributed by atoms with Gasteiger partial charge in [0, 0.05) is 36.3 Å². The van der Waals surface area contributed by atoms with Crippen LogP contribution in [0.15, 0.2) is 48.5 Å². The predicted molar refractivity (Wildman–Crippen MR) is 113 cm³/mol. The maximum absolute atomic E-state index is 12.9. The maximum Gasteiger partial charge on any atom is 0.251 e. The molecule has 1 saturated heterocycles. The summed E-state index contributed by atoms with van der Waals surface area (Å²) in [4.78, 5) is 15.3. The SMILES string of the molecule is CC1CCN(c2ccc(C(=O)N[C@@H]3CC(C)(C)Oc4ccccc43)cc2)CC1. The topological polar surface area (TPSA) is 41.6 Å². The first-order valence-corrected chi connectivity index (χ1v) is 10.4. The summed E-state index contributed by atoms with van der Waals surface area (Å²) in [6, 6.07) is 16.0. The number of nitrogens with zero attached hydrogens (tertiary/aromatic N) is 1. The zero-order chi connectivity index (χ0) is 19.7. The number of para-hydroxylation sites is 1. The molecule has 0 unspecified atom stereocenters. The summed E-state index contributed by atoms with van der Waals surface area (Å²) < 4.78 is 6.07. The van der Waals surface area contributed by atoms with Crippen LogP contribution >= 0.6 is 0 Å². The molecule has 1 atom stereocenters. The van der Waals surface area contributed by atoms with Gasteiger partial charge in [-0.3, -0.25) is 4.79 Å². The number of piperidine rings is 1. The van der Waals surface area contributed by atoms with Crippen molar-refractivity contribution in [1.29, 1.82) is 0 Å². The molecule has 2 heterocycles. The van der Waals surface area contributed by atoms with Crippen LogP contribution in [0, 0.1) is 5.92 Å². The van der Waals surface area contributed by atoms with Gasteiger partial charge in [-0.05, 0) is 62.9 Å². The molecule has 4 rings (SSSR count). The molecule has 0 saturated carbocycles. The highest BCUT2D eigenvalue weighted by molar-refractivity contribution is 5.94.